The summed E-state index contributed by atoms with van der Waals surface area (Å²) in [6.07, 6.45) is 13.9. The molecular weight excluding hydrogens is 224 g/mol. The van der Waals surface area contributed by atoms with Gasteiger partial charge >= 0.3 is 0 Å². The van der Waals surface area contributed by atoms with Crippen LogP contribution in [0.4, 0.5) is 0 Å². The Bertz CT molecular complexity index is 223. The van der Waals surface area contributed by atoms with E-state index in [1.54, 1.807) is 0 Å². The van der Waals surface area contributed by atoms with Crippen LogP contribution in [0, 0.1) is 11.8 Å². The first-order chi connectivity index (χ1) is 8.85. The molecule has 0 aliphatic heterocycles. The van der Waals surface area contributed by atoms with Crippen molar-refractivity contribution in [1.82, 2.24) is 5.43 Å². The number of hydrogen-bond donors (Lipinski definition) is 2. The van der Waals surface area contributed by atoms with Gasteiger partial charge < -0.3 is 4.74 Å². The Kier molecular flexibility index (Phi) is 5.93. The Hall–Kier alpha value is -0.120. The van der Waals surface area contributed by atoms with Crippen LogP contribution in [0.2, 0.25) is 0 Å². The van der Waals surface area contributed by atoms with Crippen LogP contribution < -0.4 is 11.3 Å². The third kappa shape index (κ3) is 3.69. The monoisotopic (exact) mass is 254 g/mol. The summed E-state index contributed by atoms with van der Waals surface area (Å²) < 4.78 is 5.81. The SMILES string of the molecule is COC(C1CCCCC1)C(CC1CCCC1)NN. The van der Waals surface area contributed by atoms with Gasteiger partial charge in [0.25, 0.3) is 0 Å². The van der Waals surface area contributed by atoms with E-state index in [4.69, 9.17) is 10.6 Å². The van der Waals surface area contributed by atoms with Crippen molar-refractivity contribution in [3.63, 3.8) is 0 Å². The summed E-state index contributed by atoms with van der Waals surface area (Å²) >= 11 is 0. The van der Waals surface area contributed by atoms with Gasteiger partial charge in [-0.1, -0.05) is 44.9 Å². The van der Waals surface area contributed by atoms with E-state index in [2.05, 4.69) is 5.43 Å². The molecule has 0 amide bonds. The summed E-state index contributed by atoms with van der Waals surface area (Å²) in [5.41, 5.74) is 3.05. The molecule has 2 fully saturated rings. The van der Waals surface area contributed by atoms with E-state index in [1.165, 1.54) is 64.2 Å². The predicted molar refractivity (Wildman–Crippen MR) is 75.1 cm³/mol. The van der Waals surface area contributed by atoms with Gasteiger partial charge in [-0.2, -0.15) is 0 Å². The summed E-state index contributed by atoms with van der Waals surface area (Å²) in [6, 6.07) is 0.348. The van der Waals surface area contributed by atoms with E-state index in [0.29, 0.717) is 18.1 Å². The number of rotatable bonds is 6. The minimum atomic E-state index is 0.316. The number of methoxy groups -OCH3 is 1. The Morgan fingerprint density at radius 2 is 1.67 bits per heavy atom. The zero-order valence-corrected chi connectivity index (χ0v) is 11.9. The van der Waals surface area contributed by atoms with Gasteiger partial charge in [-0.05, 0) is 31.1 Å². The number of hydrogen-bond acceptors (Lipinski definition) is 3. The Labute approximate surface area is 112 Å². The van der Waals surface area contributed by atoms with Crippen molar-refractivity contribution in [2.75, 3.05) is 7.11 Å². The Morgan fingerprint density at radius 1 is 1.06 bits per heavy atom. The molecule has 0 aromatic carbocycles. The molecule has 3 heteroatoms. The van der Waals surface area contributed by atoms with Gasteiger partial charge in [-0.25, -0.2) is 0 Å². The van der Waals surface area contributed by atoms with E-state index in [-0.39, 0.29) is 0 Å². The largest absolute Gasteiger partial charge is 0.379 e. The lowest BCUT2D eigenvalue weighted by Gasteiger charge is -2.35. The number of ether oxygens (including phenoxy) is 1. The Balaban J connectivity index is 1.89. The summed E-state index contributed by atoms with van der Waals surface area (Å²) in [5.74, 6) is 7.39. The summed E-state index contributed by atoms with van der Waals surface area (Å²) in [4.78, 5) is 0. The van der Waals surface area contributed by atoms with Crippen molar-refractivity contribution < 1.29 is 4.74 Å². The molecule has 0 spiro atoms. The topological polar surface area (TPSA) is 47.3 Å². The molecule has 2 saturated carbocycles. The van der Waals surface area contributed by atoms with Crippen molar-refractivity contribution in [2.24, 2.45) is 17.7 Å². The van der Waals surface area contributed by atoms with Crippen LogP contribution >= 0.6 is 0 Å². The van der Waals surface area contributed by atoms with Crippen molar-refractivity contribution in [3.8, 4) is 0 Å². The van der Waals surface area contributed by atoms with Gasteiger partial charge in [-0.3, -0.25) is 11.3 Å². The third-order valence-corrected chi connectivity index (χ3v) is 5.06. The highest BCUT2D eigenvalue weighted by Gasteiger charge is 2.32. The fourth-order valence-electron chi connectivity index (χ4n) is 4.05. The van der Waals surface area contributed by atoms with E-state index >= 15 is 0 Å². The number of nitrogens with one attached hydrogen (secondary N) is 1. The summed E-state index contributed by atoms with van der Waals surface area (Å²) in [7, 11) is 1.86. The van der Waals surface area contributed by atoms with E-state index in [0.717, 1.165) is 5.92 Å². The second kappa shape index (κ2) is 7.46. The first-order valence-corrected chi connectivity index (χ1v) is 7.84. The lowest BCUT2D eigenvalue weighted by atomic mass is 9.80. The first kappa shape index (κ1) is 14.3. The zero-order valence-electron chi connectivity index (χ0n) is 11.9. The van der Waals surface area contributed by atoms with E-state index in [9.17, 15) is 0 Å². The molecule has 0 heterocycles. The number of hydrazine groups is 1. The second-order valence-electron chi connectivity index (χ2n) is 6.26. The summed E-state index contributed by atoms with van der Waals surface area (Å²) in [5, 5.41) is 0. The van der Waals surface area contributed by atoms with Crippen LogP contribution in [0.3, 0.4) is 0 Å². The molecule has 18 heavy (non-hydrogen) atoms. The fraction of sp³-hybridized carbons (Fsp3) is 1.00. The van der Waals surface area contributed by atoms with Crippen molar-refractivity contribution >= 4 is 0 Å². The van der Waals surface area contributed by atoms with Crippen LogP contribution in [0.15, 0.2) is 0 Å². The molecule has 2 rings (SSSR count). The highest BCUT2D eigenvalue weighted by Crippen LogP contribution is 2.34. The molecule has 2 atom stereocenters. The first-order valence-electron chi connectivity index (χ1n) is 7.84. The average Bonchev–Trinajstić information content (AvgIpc) is 2.92. The molecule has 0 bridgehead atoms. The third-order valence-electron chi connectivity index (χ3n) is 5.06. The molecule has 2 unspecified atom stereocenters. The lowest BCUT2D eigenvalue weighted by molar-refractivity contribution is 0.00217. The van der Waals surface area contributed by atoms with Crippen LogP contribution in [-0.2, 0) is 4.74 Å². The highest BCUT2D eigenvalue weighted by molar-refractivity contribution is 4.86. The molecule has 2 aliphatic rings. The maximum Gasteiger partial charge on any atom is 0.0765 e. The molecule has 3 N–H and O–H groups in total. The zero-order chi connectivity index (χ0) is 12.8. The molecule has 0 saturated heterocycles. The highest BCUT2D eigenvalue weighted by atomic mass is 16.5. The smallest absolute Gasteiger partial charge is 0.0765 e. The normalized spacial score (nSPS) is 26.3. The maximum absolute atomic E-state index is 5.81. The average molecular weight is 254 g/mol. The van der Waals surface area contributed by atoms with Crippen LogP contribution in [0.5, 0.6) is 0 Å². The van der Waals surface area contributed by atoms with Crippen LogP contribution in [0.25, 0.3) is 0 Å². The van der Waals surface area contributed by atoms with Gasteiger partial charge in [0.15, 0.2) is 0 Å². The molecular formula is C15H30N2O. The quantitative estimate of drug-likeness (QED) is 0.566. The Morgan fingerprint density at radius 3 is 2.22 bits per heavy atom. The summed E-state index contributed by atoms with van der Waals surface area (Å²) in [6.45, 7) is 0. The molecule has 3 nitrogen and oxygen atoms in total. The van der Waals surface area contributed by atoms with Gasteiger partial charge in [0.2, 0.25) is 0 Å². The van der Waals surface area contributed by atoms with Crippen LogP contribution in [-0.4, -0.2) is 19.3 Å². The fourth-order valence-corrected chi connectivity index (χ4v) is 4.05. The molecule has 106 valence electrons. The van der Waals surface area contributed by atoms with Crippen molar-refractivity contribution in [2.45, 2.75) is 76.4 Å². The molecule has 0 aromatic heterocycles. The minimum absolute atomic E-state index is 0.316. The van der Waals surface area contributed by atoms with Crippen LogP contribution in [0.1, 0.15) is 64.2 Å². The predicted octanol–water partition coefficient (Wildman–Crippen LogP) is 2.99. The van der Waals surface area contributed by atoms with Crippen molar-refractivity contribution in [1.29, 1.82) is 0 Å². The second-order valence-corrected chi connectivity index (χ2v) is 6.26. The van der Waals surface area contributed by atoms with E-state index in [1.807, 2.05) is 7.11 Å². The molecule has 0 aromatic rings. The van der Waals surface area contributed by atoms with E-state index < -0.39 is 0 Å². The number of nitrogens with two attached hydrogens (primary N) is 1. The molecule has 2 aliphatic carbocycles. The van der Waals surface area contributed by atoms with Crippen molar-refractivity contribution in [3.05, 3.63) is 0 Å². The maximum atomic E-state index is 5.81. The van der Waals surface area contributed by atoms with Gasteiger partial charge in [0.1, 0.15) is 0 Å². The molecule has 0 radical (unpaired) electrons. The van der Waals surface area contributed by atoms with Gasteiger partial charge in [-0.15, -0.1) is 0 Å². The lowest BCUT2D eigenvalue weighted by Crippen LogP contribution is -2.49. The van der Waals surface area contributed by atoms with Gasteiger partial charge in [0, 0.05) is 13.2 Å². The minimum Gasteiger partial charge on any atom is -0.379 e. The standard InChI is InChI=1S/C15H30N2O/c1-18-15(13-9-3-2-4-10-13)14(17-16)11-12-7-5-6-8-12/h12-15,17H,2-11,16H2,1H3. The van der Waals surface area contributed by atoms with Gasteiger partial charge in [0.05, 0.1) is 6.10 Å².